The number of aryl methyl sites for hydroxylation is 3. The second-order valence-corrected chi connectivity index (χ2v) is 4.79. The topological polar surface area (TPSA) is 41.6 Å². The van der Waals surface area contributed by atoms with Gasteiger partial charge in [-0.15, -0.1) is 0 Å². The van der Waals surface area contributed by atoms with Crippen LogP contribution in [-0.4, -0.2) is 15.0 Å². The summed E-state index contributed by atoms with van der Waals surface area (Å²) in [5.41, 5.74) is 6.35. The number of benzene rings is 1. The number of H-pyrrole nitrogens is 1. The molecule has 0 bridgehead atoms. The van der Waals surface area contributed by atoms with E-state index in [1.54, 1.807) is 0 Å². The Labute approximate surface area is 106 Å². The van der Waals surface area contributed by atoms with Crippen molar-refractivity contribution in [2.75, 3.05) is 0 Å². The molecular weight excluding hydrogens is 222 g/mol. The third-order valence-corrected chi connectivity index (χ3v) is 2.98. The monoisotopic (exact) mass is 237 g/mol. The molecular formula is C15H15N3. The zero-order chi connectivity index (χ0) is 12.7. The number of rotatable bonds is 1. The number of nitrogens with one attached hydrogen (secondary N) is 1. The summed E-state index contributed by atoms with van der Waals surface area (Å²) in [6, 6.07) is 10.5. The Bertz CT molecular complexity index is 705. The fourth-order valence-corrected chi connectivity index (χ4v) is 2.24. The van der Waals surface area contributed by atoms with Crippen LogP contribution >= 0.6 is 0 Å². The summed E-state index contributed by atoms with van der Waals surface area (Å²) < 4.78 is 0. The van der Waals surface area contributed by atoms with Crippen molar-refractivity contribution in [2.24, 2.45) is 0 Å². The molecule has 18 heavy (non-hydrogen) atoms. The fraction of sp³-hybridized carbons (Fsp3) is 0.200. The van der Waals surface area contributed by atoms with E-state index in [2.05, 4.69) is 47.0 Å². The highest BCUT2D eigenvalue weighted by Gasteiger charge is 2.07. The smallest absolute Gasteiger partial charge is 0.178 e. The van der Waals surface area contributed by atoms with Gasteiger partial charge in [0.1, 0.15) is 5.82 Å². The van der Waals surface area contributed by atoms with Gasteiger partial charge >= 0.3 is 0 Å². The van der Waals surface area contributed by atoms with Gasteiger partial charge in [-0.3, -0.25) is 0 Å². The van der Waals surface area contributed by atoms with Crippen molar-refractivity contribution in [3.63, 3.8) is 0 Å². The highest BCUT2D eigenvalue weighted by atomic mass is 15.0. The van der Waals surface area contributed by atoms with Gasteiger partial charge in [0.2, 0.25) is 0 Å². The van der Waals surface area contributed by atoms with Gasteiger partial charge < -0.3 is 4.98 Å². The summed E-state index contributed by atoms with van der Waals surface area (Å²) >= 11 is 0. The lowest BCUT2D eigenvalue weighted by molar-refractivity contribution is 1.22. The van der Waals surface area contributed by atoms with E-state index in [1.807, 2.05) is 19.1 Å². The predicted molar refractivity (Wildman–Crippen MR) is 73.5 cm³/mol. The van der Waals surface area contributed by atoms with Crippen molar-refractivity contribution in [3.05, 3.63) is 47.2 Å². The minimum absolute atomic E-state index is 0.782. The molecule has 0 fully saturated rings. The molecule has 0 spiro atoms. The van der Waals surface area contributed by atoms with E-state index in [9.17, 15) is 0 Å². The lowest BCUT2D eigenvalue weighted by Crippen LogP contribution is -1.84. The Balaban J connectivity index is 2.19. The van der Waals surface area contributed by atoms with E-state index in [-0.39, 0.29) is 0 Å². The summed E-state index contributed by atoms with van der Waals surface area (Å²) in [5, 5.41) is 0. The maximum absolute atomic E-state index is 4.56. The van der Waals surface area contributed by atoms with Gasteiger partial charge in [-0.05, 0) is 45.0 Å². The molecule has 0 unspecified atom stereocenters. The Kier molecular flexibility index (Phi) is 2.40. The van der Waals surface area contributed by atoms with Crippen LogP contribution in [0, 0.1) is 20.8 Å². The van der Waals surface area contributed by atoms with Crippen LogP contribution in [0.1, 0.15) is 16.8 Å². The third-order valence-electron chi connectivity index (χ3n) is 2.98. The fourth-order valence-electron chi connectivity index (χ4n) is 2.24. The summed E-state index contributed by atoms with van der Waals surface area (Å²) in [6.07, 6.45) is 0. The minimum Gasteiger partial charge on any atom is -0.337 e. The van der Waals surface area contributed by atoms with Crippen LogP contribution in [0.2, 0.25) is 0 Å². The molecule has 0 saturated carbocycles. The molecule has 90 valence electrons. The lowest BCUT2D eigenvalue weighted by Gasteiger charge is -2.01. The molecule has 0 aliphatic heterocycles. The summed E-state index contributed by atoms with van der Waals surface area (Å²) in [5.74, 6) is 0.884. The second-order valence-electron chi connectivity index (χ2n) is 4.79. The van der Waals surface area contributed by atoms with Gasteiger partial charge in [0.25, 0.3) is 0 Å². The molecule has 3 rings (SSSR count). The molecule has 0 radical (unpaired) electrons. The van der Waals surface area contributed by atoms with Crippen LogP contribution in [-0.2, 0) is 0 Å². The van der Waals surface area contributed by atoms with Crippen LogP contribution < -0.4 is 0 Å². The van der Waals surface area contributed by atoms with E-state index >= 15 is 0 Å². The number of aromatic amines is 1. The third kappa shape index (κ3) is 1.88. The zero-order valence-corrected chi connectivity index (χ0v) is 10.8. The quantitative estimate of drug-likeness (QED) is 0.703. The number of imidazole rings is 1. The van der Waals surface area contributed by atoms with E-state index in [0.717, 1.165) is 28.2 Å². The zero-order valence-electron chi connectivity index (χ0n) is 10.8. The molecule has 0 amide bonds. The number of nitrogens with zero attached hydrogens (tertiary/aromatic N) is 2. The normalized spacial score (nSPS) is 11.1. The van der Waals surface area contributed by atoms with Crippen LogP contribution in [0.25, 0.3) is 22.6 Å². The Hall–Kier alpha value is -2.16. The van der Waals surface area contributed by atoms with Gasteiger partial charge in [-0.1, -0.05) is 17.2 Å². The molecule has 3 nitrogen and oxygen atoms in total. The Morgan fingerprint density at radius 2 is 1.61 bits per heavy atom. The van der Waals surface area contributed by atoms with Crippen LogP contribution in [0.15, 0.2) is 30.3 Å². The number of hydrogen-bond donors (Lipinski definition) is 1. The van der Waals surface area contributed by atoms with Gasteiger partial charge in [0.15, 0.2) is 5.65 Å². The van der Waals surface area contributed by atoms with E-state index in [4.69, 9.17) is 0 Å². The van der Waals surface area contributed by atoms with E-state index < -0.39 is 0 Å². The molecule has 2 heterocycles. The molecule has 3 heteroatoms. The van der Waals surface area contributed by atoms with Crippen molar-refractivity contribution in [1.82, 2.24) is 15.0 Å². The number of aromatic nitrogens is 3. The highest BCUT2D eigenvalue weighted by Crippen LogP contribution is 2.22. The van der Waals surface area contributed by atoms with Crippen LogP contribution in [0.5, 0.6) is 0 Å². The van der Waals surface area contributed by atoms with Crippen molar-refractivity contribution < 1.29 is 0 Å². The average Bonchev–Trinajstić information content (AvgIpc) is 2.70. The first-order chi connectivity index (χ1) is 8.61. The van der Waals surface area contributed by atoms with Crippen LogP contribution in [0.4, 0.5) is 0 Å². The van der Waals surface area contributed by atoms with E-state index in [1.165, 1.54) is 11.1 Å². The van der Waals surface area contributed by atoms with Gasteiger partial charge in [0, 0.05) is 11.3 Å². The van der Waals surface area contributed by atoms with Crippen molar-refractivity contribution >= 4 is 11.2 Å². The molecule has 0 saturated heterocycles. The number of fused-ring (bicyclic) bond motifs is 1. The summed E-state index contributed by atoms with van der Waals surface area (Å²) in [6.45, 7) is 6.17. The van der Waals surface area contributed by atoms with Crippen molar-refractivity contribution in [3.8, 4) is 11.4 Å². The summed E-state index contributed by atoms with van der Waals surface area (Å²) in [4.78, 5) is 12.3. The Morgan fingerprint density at radius 1 is 0.889 bits per heavy atom. The molecule has 1 N–H and O–H groups in total. The Morgan fingerprint density at radius 3 is 2.33 bits per heavy atom. The second kappa shape index (κ2) is 3.95. The molecule has 0 aliphatic rings. The molecule has 0 aliphatic carbocycles. The van der Waals surface area contributed by atoms with Crippen molar-refractivity contribution in [1.29, 1.82) is 0 Å². The average molecular weight is 237 g/mol. The van der Waals surface area contributed by atoms with E-state index in [0.29, 0.717) is 0 Å². The highest BCUT2D eigenvalue weighted by molar-refractivity contribution is 5.76. The minimum atomic E-state index is 0.782. The first-order valence-corrected chi connectivity index (χ1v) is 6.04. The molecule has 0 atom stereocenters. The SMILES string of the molecule is Cc1cc(C)cc(-c2nc3nc(C)ccc3[nH]2)c1. The summed E-state index contributed by atoms with van der Waals surface area (Å²) in [7, 11) is 0. The number of hydrogen-bond acceptors (Lipinski definition) is 2. The number of pyridine rings is 1. The largest absolute Gasteiger partial charge is 0.337 e. The maximum Gasteiger partial charge on any atom is 0.178 e. The predicted octanol–water partition coefficient (Wildman–Crippen LogP) is 3.55. The van der Waals surface area contributed by atoms with Gasteiger partial charge in [0.05, 0.1) is 5.52 Å². The lowest BCUT2D eigenvalue weighted by atomic mass is 10.1. The molecule has 1 aromatic carbocycles. The van der Waals surface area contributed by atoms with Crippen LogP contribution in [0.3, 0.4) is 0 Å². The van der Waals surface area contributed by atoms with Gasteiger partial charge in [-0.25, -0.2) is 9.97 Å². The van der Waals surface area contributed by atoms with Gasteiger partial charge in [-0.2, -0.15) is 0 Å². The molecule has 3 aromatic rings. The standard InChI is InChI=1S/C15H15N3/c1-9-6-10(2)8-12(7-9)14-17-13-5-4-11(3)16-15(13)18-14/h4-8H,1-3H3,(H,16,17,18). The maximum atomic E-state index is 4.56. The molecule has 2 aromatic heterocycles. The first kappa shape index (κ1) is 11.0. The van der Waals surface area contributed by atoms with Crippen molar-refractivity contribution in [2.45, 2.75) is 20.8 Å². The first-order valence-electron chi connectivity index (χ1n) is 6.04.